The van der Waals surface area contributed by atoms with Crippen LogP contribution in [0.2, 0.25) is 0 Å². The second-order valence-electron chi connectivity index (χ2n) is 5.88. The summed E-state index contributed by atoms with van der Waals surface area (Å²) in [5.41, 5.74) is 11.2. The molecule has 0 saturated heterocycles. The Bertz CT molecular complexity index is 867. The molecule has 4 rings (SSSR count). The van der Waals surface area contributed by atoms with Gasteiger partial charge in [-0.3, -0.25) is 0 Å². The third-order valence-electron chi connectivity index (χ3n) is 4.65. The van der Waals surface area contributed by atoms with Crippen LogP contribution in [-0.2, 0) is 17.1 Å². The lowest BCUT2D eigenvalue weighted by atomic mass is 9.90. The van der Waals surface area contributed by atoms with Gasteiger partial charge in [-0.15, -0.1) is 0 Å². The van der Waals surface area contributed by atoms with Crippen molar-refractivity contribution in [2.24, 2.45) is 0 Å². The Morgan fingerprint density at radius 1 is 0.783 bits per heavy atom. The molecular formula is C21H16Br2. The highest BCUT2D eigenvalue weighted by molar-refractivity contribution is 9.08. The van der Waals surface area contributed by atoms with E-state index in [1.807, 2.05) is 0 Å². The number of hydrogen-bond acceptors (Lipinski definition) is 0. The van der Waals surface area contributed by atoms with E-state index >= 15 is 0 Å². The average Bonchev–Trinajstić information content (AvgIpc) is 3.00. The molecule has 0 bridgehead atoms. The first-order valence-corrected chi connectivity index (χ1v) is 10.0. The summed E-state index contributed by atoms with van der Waals surface area (Å²) in [5, 5.41) is 1.77. The van der Waals surface area contributed by atoms with Crippen LogP contribution in [0.4, 0.5) is 0 Å². The molecule has 3 aromatic rings. The van der Waals surface area contributed by atoms with Gasteiger partial charge < -0.3 is 0 Å². The zero-order valence-corrected chi connectivity index (χ0v) is 15.8. The van der Waals surface area contributed by atoms with Gasteiger partial charge in [-0.2, -0.15) is 0 Å². The van der Waals surface area contributed by atoms with Crippen LogP contribution in [-0.4, -0.2) is 0 Å². The fourth-order valence-electron chi connectivity index (χ4n) is 3.61. The second-order valence-corrected chi connectivity index (χ2v) is 7.00. The smallest absolute Gasteiger partial charge is 0.0292 e. The Hall–Kier alpha value is -1.38. The zero-order valence-electron chi connectivity index (χ0n) is 12.7. The Labute approximate surface area is 153 Å². The van der Waals surface area contributed by atoms with E-state index in [2.05, 4.69) is 92.5 Å². The second kappa shape index (κ2) is 6.26. The molecule has 3 aromatic carbocycles. The quantitative estimate of drug-likeness (QED) is 0.318. The Morgan fingerprint density at radius 2 is 1.52 bits per heavy atom. The summed E-state index contributed by atoms with van der Waals surface area (Å²) in [6, 6.07) is 21.9. The van der Waals surface area contributed by atoms with Gasteiger partial charge in [0.1, 0.15) is 0 Å². The molecule has 0 unspecified atom stereocenters. The lowest BCUT2D eigenvalue weighted by Gasteiger charge is -2.17. The molecular weight excluding hydrogens is 412 g/mol. The van der Waals surface area contributed by atoms with Crippen molar-refractivity contribution < 1.29 is 0 Å². The number of alkyl halides is 2. The van der Waals surface area contributed by atoms with Gasteiger partial charge in [-0.05, 0) is 57.0 Å². The first kappa shape index (κ1) is 15.2. The molecule has 23 heavy (non-hydrogen) atoms. The molecule has 114 valence electrons. The molecule has 0 aliphatic heterocycles. The predicted octanol–water partition coefficient (Wildman–Crippen LogP) is 6.71. The monoisotopic (exact) mass is 426 g/mol. The van der Waals surface area contributed by atoms with E-state index in [1.54, 1.807) is 0 Å². The first-order valence-electron chi connectivity index (χ1n) is 7.76. The Balaban J connectivity index is 2.02. The summed E-state index contributed by atoms with van der Waals surface area (Å²) in [7, 11) is 0. The molecule has 0 saturated carbocycles. The average molecular weight is 428 g/mol. The normalized spacial score (nSPS) is 12.1. The van der Waals surface area contributed by atoms with Crippen LogP contribution in [0.1, 0.15) is 22.3 Å². The van der Waals surface area contributed by atoms with Crippen molar-refractivity contribution in [3.63, 3.8) is 0 Å². The summed E-state index contributed by atoms with van der Waals surface area (Å²) >= 11 is 7.44. The highest BCUT2D eigenvalue weighted by Crippen LogP contribution is 2.45. The molecule has 2 heteroatoms. The molecule has 0 aromatic heterocycles. The van der Waals surface area contributed by atoms with Crippen molar-refractivity contribution in [3.8, 4) is 22.3 Å². The van der Waals surface area contributed by atoms with Crippen LogP contribution in [0.3, 0.4) is 0 Å². The summed E-state index contributed by atoms with van der Waals surface area (Å²) in [6.07, 6.45) is 1.03. The van der Waals surface area contributed by atoms with Crippen LogP contribution in [0.15, 0.2) is 60.7 Å². The molecule has 1 aliphatic rings. The third kappa shape index (κ3) is 2.49. The SMILES string of the molecule is BrCc1cc(-c2ccccc2)c(CBr)c2c1-c1ccccc1C2. The maximum Gasteiger partial charge on any atom is 0.0292 e. The van der Waals surface area contributed by atoms with Gasteiger partial charge in [0.15, 0.2) is 0 Å². The van der Waals surface area contributed by atoms with Crippen LogP contribution in [0, 0.1) is 0 Å². The summed E-state index contributed by atoms with van der Waals surface area (Å²) in [6.45, 7) is 0. The maximum absolute atomic E-state index is 3.74. The van der Waals surface area contributed by atoms with E-state index < -0.39 is 0 Å². The number of benzene rings is 3. The number of hydrogen-bond donors (Lipinski definition) is 0. The van der Waals surface area contributed by atoms with Gasteiger partial charge in [-0.25, -0.2) is 0 Å². The minimum atomic E-state index is 0.881. The van der Waals surface area contributed by atoms with Crippen LogP contribution in [0.25, 0.3) is 22.3 Å². The van der Waals surface area contributed by atoms with Crippen molar-refractivity contribution in [3.05, 3.63) is 82.9 Å². The molecule has 1 aliphatic carbocycles. The van der Waals surface area contributed by atoms with Gasteiger partial charge in [0.2, 0.25) is 0 Å². The topological polar surface area (TPSA) is 0 Å². The minimum absolute atomic E-state index is 0.881. The van der Waals surface area contributed by atoms with E-state index in [0.717, 1.165) is 17.1 Å². The summed E-state index contributed by atoms with van der Waals surface area (Å²) < 4.78 is 0. The summed E-state index contributed by atoms with van der Waals surface area (Å²) in [4.78, 5) is 0. The minimum Gasteiger partial charge on any atom is -0.0876 e. The molecule has 0 heterocycles. The fraction of sp³-hybridized carbons (Fsp3) is 0.143. The van der Waals surface area contributed by atoms with E-state index in [0.29, 0.717) is 0 Å². The lowest BCUT2D eigenvalue weighted by molar-refractivity contribution is 1.20. The Morgan fingerprint density at radius 3 is 2.26 bits per heavy atom. The predicted molar refractivity (Wildman–Crippen MR) is 105 cm³/mol. The number of fused-ring (bicyclic) bond motifs is 3. The van der Waals surface area contributed by atoms with Gasteiger partial charge in [0.05, 0.1) is 0 Å². The highest BCUT2D eigenvalue weighted by atomic mass is 79.9. The third-order valence-corrected chi connectivity index (χ3v) is 5.81. The highest BCUT2D eigenvalue weighted by Gasteiger charge is 2.25. The van der Waals surface area contributed by atoms with Crippen LogP contribution in [0.5, 0.6) is 0 Å². The van der Waals surface area contributed by atoms with Crippen molar-refractivity contribution in [2.45, 2.75) is 17.1 Å². The lowest BCUT2D eigenvalue weighted by Crippen LogP contribution is -1.98. The van der Waals surface area contributed by atoms with Gasteiger partial charge in [0, 0.05) is 10.7 Å². The molecule has 0 fully saturated rings. The molecule has 0 amide bonds. The fourth-order valence-corrected chi connectivity index (χ4v) is 4.70. The molecule has 0 nitrogen and oxygen atoms in total. The van der Waals surface area contributed by atoms with Gasteiger partial charge >= 0.3 is 0 Å². The van der Waals surface area contributed by atoms with Gasteiger partial charge in [0.25, 0.3) is 0 Å². The standard InChI is InChI=1S/C21H16Br2/c22-12-16-11-18(14-6-2-1-3-7-14)20(13-23)19-10-15-8-4-5-9-17(15)21(16)19/h1-9,11H,10,12-13H2. The number of halogens is 2. The van der Waals surface area contributed by atoms with E-state index in [-0.39, 0.29) is 0 Å². The molecule has 0 atom stereocenters. The van der Waals surface area contributed by atoms with Crippen molar-refractivity contribution in [1.29, 1.82) is 0 Å². The zero-order chi connectivity index (χ0) is 15.8. The summed E-state index contributed by atoms with van der Waals surface area (Å²) in [5.74, 6) is 0. The van der Waals surface area contributed by atoms with E-state index in [1.165, 1.54) is 44.5 Å². The molecule has 0 N–H and O–H groups in total. The number of rotatable bonds is 3. The van der Waals surface area contributed by atoms with Crippen molar-refractivity contribution >= 4 is 31.9 Å². The van der Waals surface area contributed by atoms with Gasteiger partial charge in [-0.1, -0.05) is 86.5 Å². The van der Waals surface area contributed by atoms with Crippen molar-refractivity contribution in [2.75, 3.05) is 0 Å². The van der Waals surface area contributed by atoms with Crippen LogP contribution < -0.4 is 0 Å². The maximum atomic E-state index is 3.74. The van der Waals surface area contributed by atoms with Crippen molar-refractivity contribution in [1.82, 2.24) is 0 Å². The first-order chi connectivity index (χ1) is 11.3. The van der Waals surface area contributed by atoms with Crippen LogP contribution >= 0.6 is 31.9 Å². The molecule has 0 spiro atoms. The van der Waals surface area contributed by atoms with E-state index in [9.17, 15) is 0 Å². The van der Waals surface area contributed by atoms with E-state index in [4.69, 9.17) is 0 Å². The molecule has 0 radical (unpaired) electrons. The Kier molecular flexibility index (Phi) is 4.13. The largest absolute Gasteiger partial charge is 0.0876 e.